The van der Waals surface area contributed by atoms with Gasteiger partial charge in [-0.25, -0.2) is 9.67 Å². The van der Waals surface area contributed by atoms with Crippen LogP contribution in [-0.2, 0) is 0 Å². The van der Waals surface area contributed by atoms with Gasteiger partial charge in [-0.05, 0) is 77.2 Å². The fourth-order valence-corrected chi connectivity index (χ4v) is 4.80. The number of aromatic nitrogens is 3. The van der Waals surface area contributed by atoms with Crippen molar-refractivity contribution in [3.05, 3.63) is 71.0 Å². The van der Waals surface area contributed by atoms with Gasteiger partial charge < -0.3 is 4.90 Å². The highest BCUT2D eigenvalue weighted by atomic mass is 32.1. The second-order valence-electron chi connectivity index (χ2n) is 8.36. The molecule has 0 radical (unpaired) electrons. The number of nitrogens with zero attached hydrogens (tertiary/aromatic N) is 5. The van der Waals surface area contributed by atoms with E-state index in [1.807, 2.05) is 60.9 Å². The third kappa shape index (κ3) is 4.31. The molecule has 0 bridgehead atoms. The lowest BCUT2D eigenvalue weighted by Crippen LogP contribution is -2.33. The van der Waals surface area contributed by atoms with Crippen molar-refractivity contribution in [1.29, 1.82) is 0 Å². The van der Waals surface area contributed by atoms with Crippen molar-refractivity contribution in [2.24, 2.45) is 0 Å². The van der Waals surface area contributed by atoms with E-state index in [1.54, 1.807) is 17.5 Å². The van der Waals surface area contributed by atoms with E-state index in [0.29, 0.717) is 12.1 Å². The molecule has 2 heterocycles. The maximum absolute atomic E-state index is 13.7. The Hall–Kier alpha value is -3.03. The quantitative estimate of drug-likeness (QED) is 0.400. The Balaban J connectivity index is 1.72. The van der Waals surface area contributed by atoms with Crippen molar-refractivity contribution in [3.8, 4) is 5.69 Å². The number of rotatable bonds is 7. The minimum absolute atomic E-state index is 0.0585. The molecule has 0 atom stereocenters. The number of anilines is 1. The van der Waals surface area contributed by atoms with Gasteiger partial charge in [0.1, 0.15) is 0 Å². The van der Waals surface area contributed by atoms with Crippen LogP contribution in [0.4, 0.5) is 5.13 Å². The average Bonchev–Trinajstić information content (AvgIpc) is 3.38. The fraction of sp³-hybridized carbons (Fsp3) is 0.320. The molecule has 0 aliphatic heterocycles. The fourth-order valence-electron chi connectivity index (χ4n) is 3.75. The van der Waals surface area contributed by atoms with Crippen LogP contribution in [0, 0.1) is 20.8 Å². The second kappa shape index (κ2) is 9.22. The third-order valence-electron chi connectivity index (χ3n) is 5.78. The van der Waals surface area contributed by atoms with Crippen LogP contribution in [0.3, 0.4) is 0 Å². The number of fused-ring (bicyclic) bond motifs is 1. The van der Waals surface area contributed by atoms with Gasteiger partial charge in [0.25, 0.3) is 5.91 Å². The molecule has 0 saturated carbocycles. The third-order valence-corrected chi connectivity index (χ3v) is 6.82. The molecule has 0 spiro atoms. The summed E-state index contributed by atoms with van der Waals surface area (Å²) in [7, 11) is 4.09. The smallest absolute Gasteiger partial charge is 0.263 e. The van der Waals surface area contributed by atoms with Crippen molar-refractivity contribution in [3.63, 3.8) is 0 Å². The number of amides is 1. The number of aryl methyl sites for hydroxylation is 2. The molecule has 0 N–H and O–H groups in total. The van der Waals surface area contributed by atoms with Gasteiger partial charge in [0.15, 0.2) is 5.13 Å². The molecule has 2 aromatic carbocycles. The Morgan fingerprint density at radius 3 is 2.50 bits per heavy atom. The predicted octanol–water partition coefficient (Wildman–Crippen LogP) is 5.01. The monoisotopic (exact) mass is 447 g/mol. The van der Waals surface area contributed by atoms with E-state index in [1.165, 1.54) is 11.1 Å². The summed E-state index contributed by atoms with van der Waals surface area (Å²) in [5.74, 6) is -0.0585. The minimum Gasteiger partial charge on any atom is -0.309 e. The number of carbonyl (C=O) groups is 1. The molecule has 6 nitrogen and oxygen atoms in total. The van der Waals surface area contributed by atoms with Gasteiger partial charge in [-0.15, -0.1) is 0 Å². The number of hydrogen-bond donors (Lipinski definition) is 0. The first kappa shape index (κ1) is 22.2. The molecule has 0 aliphatic carbocycles. The first-order valence-corrected chi connectivity index (χ1v) is 11.6. The maximum atomic E-state index is 13.7. The Kier molecular flexibility index (Phi) is 6.39. The molecule has 32 heavy (non-hydrogen) atoms. The van der Waals surface area contributed by atoms with Crippen LogP contribution in [0.15, 0.2) is 48.7 Å². The first-order valence-electron chi connectivity index (χ1n) is 10.8. The lowest BCUT2D eigenvalue weighted by atomic mass is 10.1. The van der Waals surface area contributed by atoms with E-state index in [2.05, 4.69) is 36.0 Å². The molecule has 4 rings (SSSR count). The summed E-state index contributed by atoms with van der Waals surface area (Å²) in [6.07, 6.45) is 2.53. The highest BCUT2D eigenvalue weighted by Crippen LogP contribution is 2.33. The zero-order valence-electron chi connectivity index (χ0n) is 19.3. The summed E-state index contributed by atoms with van der Waals surface area (Å²) in [4.78, 5) is 22.6. The molecular weight excluding hydrogens is 418 g/mol. The van der Waals surface area contributed by atoms with Gasteiger partial charge in [0.05, 0.1) is 33.4 Å². The van der Waals surface area contributed by atoms with Crippen molar-refractivity contribution in [1.82, 2.24) is 19.7 Å². The SMILES string of the molecule is Cc1ccc2sc(N(CCCN(C)C)C(=O)c3cnn(-c4ccccc4)c3C)nc2c1C. The van der Waals surface area contributed by atoms with Crippen LogP contribution in [0.5, 0.6) is 0 Å². The molecule has 166 valence electrons. The molecule has 0 aliphatic rings. The van der Waals surface area contributed by atoms with E-state index in [4.69, 9.17) is 4.98 Å². The Morgan fingerprint density at radius 1 is 1.03 bits per heavy atom. The van der Waals surface area contributed by atoms with Gasteiger partial charge in [-0.2, -0.15) is 5.10 Å². The Labute approximate surface area is 193 Å². The van der Waals surface area contributed by atoms with Crippen LogP contribution in [-0.4, -0.2) is 52.8 Å². The van der Waals surface area contributed by atoms with E-state index in [-0.39, 0.29) is 5.91 Å². The Bertz CT molecular complexity index is 1240. The van der Waals surface area contributed by atoms with Gasteiger partial charge in [0.2, 0.25) is 0 Å². The summed E-state index contributed by atoms with van der Waals surface area (Å²) in [5, 5.41) is 5.24. The topological polar surface area (TPSA) is 54.3 Å². The zero-order chi connectivity index (χ0) is 22.8. The van der Waals surface area contributed by atoms with Gasteiger partial charge in [-0.3, -0.25) is 9.69 Å². The number of carbonyl (C=O) groups excluding carboxylic acids is 1. The first-order chi connectivity index (χ1) is 15.4. The summed E-state index contributed by atoms with van der Waals surface area (Å²) < 4.78 is 2.92. The van der Waals surface area contributed by atoms with Crippen LogP contribution >= 0.6 is 11.3 Å². The largest absolute Gasteiger partial charge is 0.309 e. The van der Waals surface area contributed by atoms with Crippen LogP contribution in [0.2, 0.25) is 0 Å². The van der Waals surface area contributed by atoms with E-state index < -0.39 is 0 Å². The molecular formula is C25H29N5OS. The standard InChI is InChI=1S/C25H29N5OS/c1-17-12-13-22-23(18(17)2)27-25(32-22)29(15-9-14-28(4)5)24(31)21-16-26-30(19(21)3)20-10-7-6-8-11-20/h6-8,10-13,16H,9,14-15H2,1-5H3. The maximum Gasteiger partial charge on any atom is 0.263 e. The molecule has 0 fully saturated rings. The van der Waals surface area contributed by atoms with Crippen LogP contribution in [0.1, 0.15) is 33.6 Å². The second-order valence-corrected chi connectivity index (χ2v) is 9.36. The number of benzene rings is 2. The highest BCUT2D eigenvalue weighted by molar-refractivity contribution is 7.22. The summed E-state index contributed by atoms with van der Waals surface area (Å²) >= 11 is 1.57. The average molecular weight is 448 g/mol. The summed E-state index contributed by atoms with van der Waals surface area (Å²) in [5.41, 5.74) is 5.72. The predicted molar refractivity (Wildman–Crippen MR) is 132 cm³/mol. The van der Waals surface area contributed by atoms with E-state index >= 15 is 0 Å². The molecule has 0 unspecified atom stereocenters. The van der Waals surface area contributed by atoms with Gasteiger partial charge >= 0.3 is 0 Å². The number of thiazole rings is 1. The highest BCUT2D eigenvalue weighted by Gasteiger charge is 2.25. The molecule has 2 aromatic heterocycles. The molecule has 4 aromatic rings. The number of hydrogen-bond acceptors (Lipinski definition) is 5. The summed E-state index contributed by atoms with van der Waals surface area (Å²) in [6.45, 7) is 7.62. The normalized spacial score (nSPS) is 11.4. The molecule has 0 saturated heterocycles. The zero-order valence-corrected chi connectivity index (χ0v) is 20.1. The Morgan fingerprint density at radius 2 is 1.78 bits per heavy atom. The summed E-state index contributed by atoms with van der Waals surface area (Å²) in [6, 6.07) is 14.1. The lowest BCUT2D eigenvalue weighted by molar-refractivity contribution is 0.0985. The number of para-hydroxylation sites is 1. The minimum atomic E-state index is -0.0585. The van der Waals surface area contributed by atoms with Crippen molar-refractivity contribution in [2.75, 3.05) is 32.1 Å². The van der Waals surface area contributed by atoms with Crippen molar-refractivity contribution in [2.45, 2.75) is 27.2 Å². The van der Waals surface area contributed by atoms with Gasteiger partial charge in [-0.1, -0.05) is 35.6 Å². The van der Waals surface area contributed by atoms with E-state index in [0.717, 1.165) is 39.7 Å². The van der Waals surface area contributed by atoms with Crippen molar-refractivity contribution < 1.29 is 4.79 Å². The molecule has 1 amide bonds. The van der Waals surface area contributed by atoms with Crippen molar-refractivity contribution >= 4 is 32.6 Å². The molecule has 7 heteroatoms. The lowest BCUT2D eigenvalue weighted by Gasteiger charge is -2.21. The van der Waals surface area contributed by atoms with E-state index in [9.17, 15) is 4.79 Å². The van der Waals surface area contributed by atoms with Crippen LogP contribution in [0.25, 0.3) is 15.9 Å². The van der Waals surface area contributed by atoms with Gasteiger partial charge in [0, 0.05) is 6.54 Å². The van der Waals surface area contributed by atoms with Crippen LogP contribution < -0.4 is 4.90 Å².